The van der Waals surface area contributed by atoms with E-state index in [1.807, 2.05) is 0 Å². The third kappa shape index (κ3) is 4.63. The van der Waals surface area contributed by atoms with Crippen molar-refractivity contribution in [3.63, 3.8) is 0 Å². The maximum Gasteiger partial charge on any atom is 0.267 e. The Morgan fingerprint density at radius 2 is 2.21 bits per heavy atom. The van der Waals surface area contributed by atoms with Crippen LogP contribution in [0.15, 0.2) is 16.7 Å². The maximum absolute atomic E-state index is 11.7. The summed E-state index contributed by atoms with van der Waals surface area (Å²) in [5.74, 6) is -0.111. The fourth-order valence-corrected chi connectivity index (χ4v) is 2.58. The number of nitrogens with two attached hydrogens (primary N) is 1. The minimum absolute atomic E-state index is 0.111. The Morgan fingerprint density at radius 1 is 1.47 bits per heavy atom. The number of carbonyl (C=O) groups is 1. The highest BCUT2D eigenvalue weighted by Gasteiger charge is 2.18. The summed E-state index contributed by atoms with van der Waals surface area (Å²) >= 11 is 3.29. The van der Waals surface area contributed by atoms with Crippen molar-refractivity contribution in [2.45, 2.75) is 37.8 Å². The van der Waals surface area contributed by atoms with Crippen LogP contribution in [0.2, 0.25) is 0 Å². The zero-order valence-corrected chi connectivity index (χ0v) is 12.4. The maximum atomic E-state index is 11.7. The van der Waals surface area contributed by atoms with Gasteiger partial charge in [0.25, 0.3) is 5.91 Å². The quantitative estimate of drug-likeness (QED) is 0.720. The number of H-pyrrole nitrogens is 1. The lowest BCUT2D eigenvalue weighted by molar-refractivity contribution is 0.0267. The Hall–Kier alpha value is -0.850. The van der Waals surface area contributed by atoms with Crippen LogP contribution in [0.5, 0.6) is 0 Å². The van der Waals surface area contributed by atoms with Gasteiger partial charge in [-0.25, -0.2) is 0 Å². The van der Waals surface area contributed by atoms with Gasteiger partial charge in [0.15, 0.2) is 0 Å². The van der Waals surface area contributed by atoms with Gasteiger partial charge in [0.05, 0.1) is 12.7 Å². The predicted molar refractivity (Wildman–Crippen MR) is 77.0 cm³/mol. The molecule has 1 fully saturated rings. The lowest BCUT2D eigenvalue weighted by Crippen LogP contribution is -2.33. The third-order valence-electron chi connectivity index (χ3n) is 3.35. The van der Waals surface area contributed by atoms with Crippen LogP contribution in [0.4, 0.5) is 0 Å². The summed E-state index contributed by atoms with van der Waals surface area (Å²) in [5.41, 5.74) is 6.39. The Bertz CT molecular complexity index is 414. The predicted octanol–water partition coefficient (Wildman–Crippen LogP) is 1.79. The van der Waals surface area contributed by atoms with Gasteiger partial charge >= 0.3 is 0 Å². The second-order valence-electron chi connectivity index (χ2n) is 4.90. The van der Waals surface area contributed by atoms with Gasteiger partial charge < -0.3 is 20.8 Å². The fourth-order valence-electron chi connectivity index (χ4n) is 2.24. The molecule has 0 spiro atoms. The van der Waals surface area contributed by atoms with Crippen LogP contribution in [-0.4, -0.2) is 36.2 Å². The highest BCUT2D eigenvalue weighted by atomic mass is 79.9. The van der Waals surface area contributed by atoms with Crippen LogP contribution >= 0.6 is 15.9 Å². The Balaban J connectivity index is 1.60. The molecule has 0 saturated heterocycles. The van der Waals surface area contributed by atoms with Crippen LogP contribution in [0, 0.1) is 0 Å². The number of rotatable bonds is 5. The number of aromatic amines is 1. The van der Waals surface area contributed by atoms with E-state index in [0.29, 0.717) is 31.0 Å². The van der Waals surface area contributed by atoms with Crippen LogP contribution in [0.3, 0.4) is 0 Å². The summed E-state index contributed by atoms with van der Waals surface area (Å²) in [6, 6.07) is 2.09. The van der Waals surface area contributed by atoms with E-state index in [9.17, 15) is 4.79 Å². The van der Waals surface area contributed by atoms with Crippen molar-refractivity contribution in [2.24, 2.45) is 5.73 Å². The average molecular weight is 330 g/mol. The van der Waals surface area contributed by atoms with Crippen molar-refractivity contribution in [3.05, 3.63) is 22.4 Å². The topological polar surface area (TPSA) is 80.1 Å². The highest BCUT2D eigenvalue weighted by Crippen LogP contribution is 2.19. The molecular weight excluding hydrogens is 310 g/mol. The monoisotopic (exact) mass is 329 g/mol. The molecule has 106 valence electrons. The van der Waals surface area contributed by atoms with E-state index in [-0.39, 0.29) is 5.91 Å². The highest BCUT2D eigenvalue weighted by molar-refractivity contribution is 9.10. The molecule has 2 rings (SSSR count). The molecule has 4 N–H and O–H groups in total. The molecule has 1 aromatic rings. The van der Waals surface area contributed by atoms with Crippen molar-refractivity contribution in [1.82, 2.24) is 10.3 Å². The number of hydrogen-bond donors (Lipinski definition) is 3. The second kappa shape index (κ2) is 7.07. The molecule has 6 heteroatoms. The molecule has 1 aromatic heterocycles. The Morgan fingerprint density at radius 3 is 2.84 bits per heavy atom. The SMILES string of the molecule is NC1CCC(OCCNC(=O)c2cc(Br)c[nH]2)CC1. The molecule has 1 amide bonds. The number of aromatic nitrogens is 1. The van der Waals surface area contributed by atoms with Gasteiger partial charge in [0.1, 0.15) is 5.69 Å². The first-order chi connectivity index (χ1) is 9.15. The standard InChI is InChI=1S/C13H20BrN3O2/c14-9-7-12(17-8-9)13(18)16-5-6-19-11-3-1-10(15)2-4-11/h7-8,10-11,17H,1-6,15H2,(H,16,18). The molecule has 1 aliphatic rings. The first-order valence-electron chi connectivity index (χ1n) is 6.64. The molecule has 0 aromatic carbocycles. The number of hydrogen-bond acceptors (Lipinski definition) is 3. The molecule has 5 nitrogen and oxygen atoms in total. The molecular formula is C13H20BrN3O2. The van der Waals surface area contributed by atoms with E-state index in [1.165, 1.54) is 0 Å². The molecule has 0 unspecified atom stereocenters. The number of halogens is 1. The van der Waals surface area contributed by atoms with E-state index in [0.717, 1.165) is 30.2 Å². The van der Waals surface area contributed by atoms with Crippen molar-refractivity contribution in [1.29, 1.82) is 0 Å². The lowest BCUT2D eigenvalue weighted by Gasteiger charge is -2.26. The largest absolute Gasteiger partial charge is 0.376 e. The summed E-state index contributed by atoms with van der Waals surface area (Å²) < 4.78 is 6.60. The van der Waals surface area contributed by atoms with E-state index in [1.54, 1.807) is 12.3 Å². The normalized spacial score (nSPS) is 23.3. The smallest absolute Gasteiger partial charge is 0.267 e. The van der Waals surface area contributed by atoms with Crippen LogP contribution in [-0.2, 0) is 4.74 Å². The van der Waals surface area contributed by atoms with Crippen LogP contribution in [0.25, 0.3) is 0 Å². The van der Waals surface area contributed by atoms with Crippen LogP contribution < -0.4 is 11.1 Å². The summed E-state index contributed by atoms with van der Waals surface area (Å²) in [4.78, 5) is 14.6. The molecule has 1 aliphatic carbocycles. The number of nitrogens with one attached hydrogen (secondary N) is 2. The Labute approximate surface area is 121 Å². The van der Waals surface area contributed by atoms with E-state index >= 15 is 0 Å². The summed E-state index contributed by atoms with van der Waals surface area (Å²) in [6.45, 7) is 1.07. The molecule has 0 atom stereocenters. The Kier molecular flexibility index (Phi) is 5.42. The first kappa shape index (κ1) is 14.6. The molecule has 0 bridgehead atoms. The average Bonchev–Trinajstić information content (AvgIpc) is 2.83. The van der Waals surface area contributed by atoms with Gasteiger partial charge in [-0.15, -0.1) is 0 Å². The lowest BCUT2D eigenvalue weighted by atomic mass is 9.94. The van der Waals surface area contributed by atoms with Crippen molar-refractivity contribution >= 4 is 21.8 Å². The molecule has 0 radical (unpaired) electrons. The molecule has 1 heterocycles. The first-order valence-corrected chi connectivity index (χ1v) is 7.44. The van der Waals surface area contributed by atoms with Crippen LogP contribution in [0.1, 0.15) is 36.2 Å². The van der Waals surface area contributed by atoms with Crippen molar-refractivity contribution in [2.75, 3.05) is 13.2 Å². The van der Waals surface area contributed by atoms with E-state index < -0.39 is 0 Å². The summed E-state index contributed by atoms with van der Waals surface area (Å²) in [5, 5.41) is 2.82. The fraction of sp³-hybridized carbons (Fsp3) is 0.615. The summed E-state index contributed by atoms with van der Waals surface area (Å²) in [7, 11) is 0. The van der Waals surface area contributed by atoms with Gasteiger partial charge in [-0.3, -0.25) is 4.79 Å². The van der Waals surface area contributed by atoms with Gasteiger partial charge in [0.2, 0.25) is 0 Å². The molecule has 19 heavy (non-hydrogen) atoms. The minimum atomic E-state index is -0.111. The third-order valence-corrected chi connectivity index (χ3v) is 3.81. The van der Waals surface area contributed by atoms with Gasteiger partial charge in [-0.1, -0.05) is 0 Å². The summed E-state index contributed by atoms with van der Waals surface area (Å²) in [6.07, 6.45) is 6.16. The van der Waals surface area contributed by atoms with Gasteiger partial charge in [-0.2, -0.15) is 0 Å². The molecule has 0 aliphatic heterocycles. The van der Waals surface area contributed by atoms with Crippen molar-refractivity contribution in [3.8, 4) is 0 Å². The minimum Gasteiger partial charge on any atom is -0.376 e. The zero-order chi connectivity index (χ0) is 13.7. The second-order valence-corrected chi connectivity index (χ2v) is 5.81. The molecule has 1 saturated carbocycles. The van der Waals surface area contributed by atoms with Crippen molar-refractivity contribution < 1.29 is 9.53 Å². The number of ether oxygens (including phenoxy) is 1. The zero-order valence-electron chi connectivity index (χ0n) is 10.8. The van der Waals surface area contributed by atoms with Gasteiger partial charge in [-0.05, 0) is 47.7 Å². The van der Waals surface area contributed by atoms with Gasteiger partial charge in [0, 0.05) is 23.3 Å². The van der Waals surface area contributed by atoms with E-state index in [4.69, 9.17) is 10.5 Å². The number of amides is 1. The van der Waals surface area contributed by atoms with E-state index in [2.05, 4.69) is 26.2 Å². The number of carbonyl (C=O) groups excluding carboxylic acids is 1.